The smallest absolute Gasteiger partial charge is 0.225 e. The molecule has 0 amide bonds. The Hall–Kier alpha value is -3.25. The predicted molar refractivity (Wildman–Crippen MR) is 117 cm³/mol. The molecule has 0 saturated heterocycles. The Balaban J connectivity index is 0.00000205. The van der Waals surface area contributed by atoms with E-state index in [1.54, 1.807) is 12.5 Å². The third kappa shape index (κ3) is 2.82. The van der Waals surface area contributed by atoms with E-state index in [0.717, 1.165) is 16.9 Å². The number of thiophene rings is 1. The molecule has 6 heteroatoms. The first-order valence-corrected chi connectivity index (χ1v) is 10.0. The molecule has 0 fully saturated rings. The molecule has 140 valence electrons. The lowest BCUT2D eigenvalue weighted by Gasteiger charge is -2.14. The summed E-state index contributed by atoms with van der Waals surface area (Å²) in [6.45, 7) is 4.33. The van der Waals surface area contributed by atoms with Crippen molar-refractivity contribution in [2.75, 3.05) is 5.32 Å². The van der Waals surface area contributed by atoms with E-state index in [-0.39, 0.29) is 7.47 Å². The van der Waals surface area contributed by atoms with E-state index in [1.165, 1.54) is 20.5 Å². The summed E-state index contributed by atoms with van der Waals surface area (Å²) in [7, 11) is 0. The lowest BCUT2D eigenvalue weighted by Crippen LogP contribution is -2.10. The number of benzene rings is 2. The Morgan fingerprint density at radius 2 is 1.86 bits per heavy atom. The van der Waals surface area contributed by atoms with Gasteiger partial charge in [0.25, 0.3) is 0 Å². The number of nitrogens with one attached hydrogen (secondary N) is 1. The number of aryl methyl sites for hydroxylation is 1. The van der Waals surface area contributed by atoms with E-state index in [0.29, 0.717) is 5.95 Å². The van der Waals surface area contributed by atoms with Gasteiger partial charge in [-0.2, -0.15) is 4.98 Å². The van der Waals surface area contributed by atoms with Gasteiger partial charge in [-0.3, -0.25) is 4.57 Å². The number of nitrogens with zero attached hydrogens (tertiary/aromatic N) is 4. The van der Waals surface area contributed by atoms with Crippen molar-refractivity contribution in [2.24, 2.45) is 0 Å². The maximum Gasteiger partial charge on any atom is 0.225 e. The Bertz CT molecular complexity index is 1290. The van der Waals surface area contributed by atoms with E-state index < -0.39 is 0 Å². The van der Waals surface area contributed by atoms with Crippen molar-refractivity contribution in [3.63, 3.8) is 0 Å². The zero-order valence-corrected chi connectivity index (χ0v) is 16.4. The highest BCUT2D eigenvalue weighted by Crippen LogP contribution is 2.35. The minimum Gasteiger partial charge on any atom is -0.347 e. The lowest BCUT2D eigenvalue weighted by molar-refractivity contribution is 0.866. The highest BCUT2D eigenvalue weighted by Gasteiger charge is 2.15. The second-order valence-corrected chi connectivity index (χ2v) is 7.88. The molecule has 3 heterocycles. The van der Waals surface area contributed by atoms with Crippen LogP contribution in [0.5, 0.6) is 0 Å². The summed E-state index contributed by atoms with van der Waals surface area (Å²) >= 11 is 1.82. The van der Waals surface area contributed by atoms with Crippen molar-refractivity contribution >= 4 is 38.4 Å². The van der Waals surface area contributed by atoms with Crippen molar-refractivity contribution in [1.82, 2.24) is 19.5 Å². The molecule has 1 atom stereocenters. The van der Waals surface area contributed by atoms with Crippen LogP contribution in [-0.4, -0.2) is 19.5 Å². The topological polar surface area (TPSA) is 55.6 Å². The number of rotatable bonds is 4. The first-order chi connectivity index (χ1) is 13.7. The van der Waals surface area contributed by atoms with Gasteiger partial charge >= 0.3 is 0 Å². The minimum atomic E-state index is 0. The van der Waals surface area contributed by atoms with E-state index in [2.05, 4.69) is 53.4 Å². The molecule has 0 radical (unpaired) electrons. The molecule has 5 rings (SSSR count). The molecule has 0 aliphatic carbocycles. The van der Waals surface area contributed by atoms with Crippen LogP contribution in [0.1, 0.15) is 24.8 Å². The fourth-order valence-electron chi connectivity index (χ4n) is 3.56. The first kappa shape index (κ1) is 16.9. The molecule has 0 bridgehead atoms. The van der Waals surface area contributed by atoms with Crippen molar-refractivity contribution in [3.05, 3.63) is 77.6 Å². The van der Waals surface area contributed by atoms with Crippen LogP contribution in [0.15, 0.2) is 67.1 Å². The largest absolute Gasteiger partial charge is 0.347 e. The molecule has 1 unspecified atom stereocenters. The minimum absolute atomic E-state index is 0. The van der Waals surface area contributed by atoms with Gasteiger partial charge in [-0.15, -0.1) is 11.3 Å². The Kier molecular flexibility index (Phi) is 4.06. The quantitative estimate of drug-likeness (QED) is 0.426. The zero-order valence-electron chi connectivity index (χ0n) is 15.6. The highest BCUT2D eigenvalue weighted by molar-refractivity contribution is 7.19. The van der Waals surface area contributed by atoms with Gasteiger partial charge in [0.1, 0.15) is 12.1 Å². The summed E-state index contributed by atoms with van der Waals surface area (Å²) in [6.07, 6.45) is 3.58. The summed E-state index contributed by atoms with van der Waals surface area (Å²) in [5.74, 6) is 1.41. The van der Waals surface area contributed by atoms with Gasteiger partial charge in [0.15, 0.2) is 0 Å². The average molecular weight is 388 g/mol. The van der Waals surface area contributed by atoms with Crippen LogP contribution in [-0.2, 0) is 0 Å². The molecule has 0 spiro atoms. The van der Waals surface area contributed by atoms with E-state index in [1.807, 2.05) is 46.2 Å². The van der Waals surface area contributed by atoms with Gasteiger partial charge in [0, 0.05) is 17.2 Å². The molecule has 2 aromatic carbocycles. The summed E-state index contributed by atoms with van der Waals surface area (Å²) in [5, 5.41) is 4.78. The summed E-state index contributed by atoms with van der Waals surface area (Å²) < 4.78 is 3.29. The van der Waals surface area contributed by atoms with Crippen LogP contribution in [0, 0.1) is 6.92 Å². The zero-order chi connectivity index (χ0) is 19.1. The fourth-order valence-corrected chi connectivity index (χ4v) is 4.77. The molecule has 1 N–H and O–H groups in total. The van der Waals surface area contributed by atoms with E-state index in [4.69, 9.17) is 4.98 Å². The van der Waals surface area contributed by atoms with Gasteiger partial charge < -0.3 is 5.32 Å². The van der Waals surface area contributed by atoms with Crippen LogP contribution in [0.2, 0.25) is 0 Å². The van der Waals surface area contributed by atoms with Gasteiger partial charge in [0.2, 0.25) is 5.95 Å². The SMILES string of the molecule is Cc1c(C(C)Nc2nccc(-n3cnc4ccccc43)n2)sc2ccccc12.[HH]. The van der Waals surface area contributed by atoms with Crippen LogP contribution in [0.4, 0.5) is 5.95 Å². The maximum absolute atomic E-state index is 4.72. The average Bonchev–Trinajstić information content (AvgIpc) is 3.30. The summed E-state index contributed by atoms with van der Waals surface area (Å²) in [4.78, 5) is 14.9. The van der Waals surface area contributed by atoms with Crippen LogP contribution >= 0.6 is 11.3 Å². The Labute approximate surface area is 168 Å². The van der Waals surface area contributed by atoms with Gasteiger partial charge in [-0.1, -0.05) is 30.3 Å². The molecule has 28 heavy (non-hydrogen) atoms. The third-order valence-corrected chi connectivity index (χ3v) is 6.42. The molecule has 5 aromatic rings. The van der Waals surface area contributed by atoms with Gasteiger partial charge in [0.05, 0.1) is 17.1 Å². The van der Waals surface area contributed by atoms with Crippen LogP contribution in [0.25, 0.3) is 26.9 Å². The second-order valence-electron chi connectivity index (χ2n) is 6.80. The Morgan fingerprint density at radius 3 is 2.75 bits per heavy atom. The number of para-hydroxylation sites is 2. The molecular formula is C22H21N5S. The van der Waals surface area contributed by atoms with Crippen molar-refractivity contribution in [1.29, 1.82) is 0 Å². The van der Waals surface area contributed by atoms with Crippen molar-refractivity contribution < 1.29 is 1.43 Å². The highest BCUT2D eigenvalue weighted by atomic mass is 32.1. The molecule has 0 aliphatic heterocycles. The molecule has 3 aromatic heterocycles. The normalized spacial score (nSPS) is 12.5. The standard InChI is InChI=1S/C22H19N5S.H2/c1-14-16-7-3-6-10-19(16)28-21(14)15(2)25-22-23-12-11-20(26-22)27-13-24-17-8-4-5-9-18(17)27;/h3-13,15H,1-2H3,(H,23,25,26);1H. The second kappa shape index (κ2) is 6.73. The van der Waals surface area contributed by atoms with Crippen molar-refractivity contribution in [3.8, 4) is 5.82 Å². The third-order valence-electron chi connectivity index (χ3n) is 4.96. The molecule has 5 nitrogen and oxygen atoms in total. The molecule has 0 saturated carbocycles. The number of imidazole rings is 1. The monoisotopic (exact) mass is 387 g/mol. The fraction of sp³-hybridized carbons (Fsp3) is 0.136. The number of anilines is 1. The van der Waals surface area contributed by atoms with E-state index in [9.17, 15) is 0 Å². The van der Waals surface area contributed by atoms with E-state index >= 15 is 0 Å². The van der Waals surface area contributed by atoms with Crippen LogP contribution in [0.3, 0.4) is 0 Å². The molecule has 0 aliphatic rings. The first-order valence-electron chi connectivity index (χ1n) is 9.21. The van der Waals surface area contributed by atoms with Gasteiger partial charge in [-0.05, 0) is 49.1 Å². The van der Waals surface area contributed by atoms with Gasteiger partial charge in [-0.25, -0.2) is 9.97 Å². The number of hydrogen-bond acceptors (Lipinski definition) is 5. The van der Waals surface area contributed by atoms with Crippen molar-refractivity contribution in [2.45, 2.75) is 19.9 Å². The number of hydrogen-bond donors (Lipinski definition) is 1. The maximum atomic E-state index is 4.72. The lowest BCUT2D eigenvalue weighted by atomic mass is 10.1. The van der Waals surface area contributed by atoms with Crippen LogP contribution < -0.4 is 5.32 Å². The number of fused-ring (bicyclic) bond motifs is 2. The number of aromatic nitrogens is 4. The predicted octanol–water partition coefficient (Wildman–Crippen LogP) is 5.76. The molecular weight excluding hydrogens is 366 g/mol. The Morgan fingerprint density at radius 1 is 1.04 bits per heavy atom. The summed E-state index contributed by atoms with van der Waals surface area (Å²) in [6, 6.07) is 18.6. The summed E-state index contributed by atoms with van der Waals surface area (Å²) in [5.41, 5.74) is 3.29.